The molecule has 2 aliphatic heterocycles. The lowest BCUT2D eigenvalue weighted by Crippen LogP contribution is -2.39. The number of rotatable bonds is 4. The van der Waals surface area contributed by atoms with Gasteiger partial charge in [-0.15, -0.1) is 0 Å². The molecule has 0 aliphatic carbocycles. The standard InChI is InChI=1S/C16H24N2O4S/c1-12-9-15(16(19)10-17-4-6-22-7-5-17)13(2)18(12)14-3-8-23(20,21)11-14/h9,14H,3-8,10-11H2,1-2H3/t14-/m0/s1. The molecular weight excluding hydrogens is 316 g/mol. The molecular formula is C16H24N2O4S. The van der Waals surface area contributed by atoms with E-state index in [4.69, 9.17) is 4.74 Å². The highest BCUT2D eigenvalue weighted by Crippen LogP contribution is 2.29. The first-order chi connectivity index (χ1) is 10.9. The summed E-state index contributed by atoms with van der Waals surface area (Å²) in [5.41, 5.74) is 2.58. The molecule has 0 aromatic carbocycles. The maximum atomic E-state index is 12.6. The molecule has 1 aromatic heterocycles. The van der Waals surface area contributed by atoms with Gasteiger partial charge in [0.2, 0.25) is 0 Å². The normalized spacial score (nSPS) is 24.9. The number of sulfone groups is 1. The maximum absolute atomic E-state index is 12.6. The Balaban J connectivity index is 1.78. The summed E-state index contributed by atoms with van der Waals surface area (Å²) in [6.07, 6.45) is 0.635. The number of nitrogens with zero attached hydrogens (tertiary/aromatic N) is 2. The number of ether oxygens (including phenoxy) is 1. The van der Waals surface area contributed by atoms with E-state index in [1.165, 1.54) is 0 Å². The first-order valence-corrected chi connectivity index (χ1v) is 9.92. The zero-order valence-corrected chi connectivity index (χ0v) is 14.6. The molecule has 0 radical (unpaired) electrons. The van der Waals surface area contributed by atoms with Crippen LogP contribution in [0, 0.1) is 13.8 Å². The van der Waals surface area contributed by atoms with Crippen molar-refractivity contribution in [3.63, 3.8) is 0 Å². The monoisotopic (exact) mass is 340 g/mol. The highest BCUT2D eigenvalue weighted by molar-refractivity contribution is 7.91. The first kappa shape index (κ1) is 16.7. The molecule has 0 bridgehead atoms. The van der Waals surface area contributed by atoms with Crippen molar-refractivity contribution in [1.29, 1.82) is 0 Å². The van der Waals surface area contributed by atoms with E-state index in [-0.39, 0.29) is 23.3 Å². The molecule has 6 nitrogen and oxygen atoms in total. The minimum atomic E-state index is -2.94. The Bertz CT molecular complexity index is 702. The largest absolute Gasteiger partial charge is 0.379 e. The SMILES string of the molecule is Cc1cc(C(=O)CN2CCOCC2)c(C)n1[C@H]1CCS(=O)(=O)C1. The van der Waals surface area contributed by atoms with E-state index >= 15 is 0 Å². The third kappa shape index (κ3) is 3.51. The van der Waals surface area contributed by atoms with Crippen molar-refractivity contribution in [2.24, 2.45) is 0 Å². The van der Waals surface area contributed by atoms with Gasteiger partial charge in [0.1, 0.15) is 0 Å². The quantitative estimate of drug-likeness (QED) is 0.764. The van der Waals surface area contributed by atoms with Crippen LogP contribution < -0.4 is 0 Å². The number of Topliss-reactive ketones (excluding diaryl/α,β-unsaturated/α-hetero) is 1. The fourth-order valence-corrected chi connectivity index (χ4v) is 5.35. The maximum Gasteiger partial charge on any atom is 0.178 e. The van der Waals surface area contributed by atoms with Gasteiger partial charge in [-0.05, 0) is 26.3 Å². The molecule has 1 aromatic rings. The summed E-state index contributed by atoms with van der Waals surface area (Å²) in [5, 5.41) is 0. The van der Waals surface area contributed by atoms with Gasteiger partial charge in [-0.25, -0.2) is 8.42 Å². The van der Waals surface area contributed by atoms with Gasteiger partial charge in [0.05, 0.1) is 31.3 Å². The number of aromatic nitrogens is 1. The Morgan fingerprint density at radius 2 is 2.00 bits per heavy atom. The summed E-state index contributed by atoms with van der Waals surface area (Å²) >= 11 is 0. The van der Waals surface area contributed by atoms with Crippen molar-refractivity contribution >= 4 is 15.6 Å². The molecule has 0 amide bonds. The molecule has 23 heavy (non-hydrogen) atoms. The second-order valence-electron chi connectivity index (χ2n) is 6.52. The fourth-order valence-electron chi connectivity index (χ4n) is 3.65. The topological polar surface area (TPSA) is 68.6 Å². The van der Waals surface area contributed by atoms with Gasteiger partial charge in [0, 0.05) is 36.1 Å². The van der Waals surface area contributed by atoms with E-state index in [0.717, 1.165) is 30.0 Å². The second-order valence-corrected chi connectivity index (χ2v) is 8.75. The zero-order valence-electron chi connectivity index (χ0n) is 13.7. The molecule has 3 heterocycles. The molecule has 0 spiro atoms. The van der Waals surface area contributed by atoms with Gasteiger partial charge < -0.3 is 9.30 Å². The van der Waals surface area contributed by atoms with Crippen LogP contribution in [0.2, 0.25) is 0 Å². The summed E-state index contributed by atoms with van der Waals surface area (Å²) in [6.45, 7) is 7.18. The summed E-state index contributed by atoms with van der Waals surface area (Å²) in [6, 6.07) is 1.87. The molecule has 2 saturated heterocycles. The molecule has 2 fully saturated rings. The molecule has 2 aliphatic rings. The fraction of sp³-hybridized carbons (Fsp3) is 0.688. The molecule has 1 atom stereocenters. The van der Waals surface area contributed by atoms with Crippen LogP contribution in [-0.4, -0.2) is 68.0 Å². The number of ketones is 1. The average Bonchev–Trinajstić information content (AvgIpc) is 2.99. The zero-order chi connectivity index (χ0) is 16.6. The van der Waals surface area contributed by atoms with E-state index < -0.39 is 9.84 Å². The number of hydrogen-bond acceptors (Lipinski definition) is 5. The van der Waals surface area contributed by atoms with Gasteiger partial charge in [0.15, 0.2) is 15.6 Å². The number of carbonyl (C=O) groups is 1. The van der Waals surface area contributed by atoms with Crippen molar-refractivity contribution in [3.8, 4) is 0 Å². The third-order valence-electron chi connectivity index (χ3n) is 4.83. The second kappa shape index (κ2) is 6.37. The van der Waals surface area contributed by atoms with E-state index in [2.05, 4.69) is 4.90 Å². The highest BCUT2D eigenvalue weighted by atomic mass is 32.2. The Morgan fingerprint density at radius 3 is 2.61 bits per heavy atom. The molecule has 7 heteroatoms. The van der Waals surface area contributed by atoms with E-state index in [9.17, 15) is 13.2 Å². The Hall–Kier alpha value is -1.18. The first-order valence-electron chi connectivity index (χ1n) is 8.09. The Kier molecular flexibility index (Phi) is 4.62. The van der Waals surface area contributed by atoms with Crippen LogP contribution in [-0.2, 0) is 14.6 Å². The number of hydrogen-bond donors (Lipinski definition) is 0. The van der Waals surface area contributed by atoms with Crippen molar-refractivity contribution in [1.82, 2.24) is 9.47 Å². The van der Waals surface area contributed by atoms with Crippen molar-refractivity contribution < 1.29 is 17.9 Å². The Morgan fingerprint density at radius 1 is 1.30 bits per heavy atom. The van der Waals surface area contributed by atoms with Crippen molar-refractivity contribution in [2.45, 2.75) is 26.3 Å². The van der Waals surface area contributed by atoms with Crippen LogP contribution >= 0.6 is 0 Å². The highest BCUT2D eigenvalue weighted by Gasteiger charge is 2.31. The minimum absolute atomic E-state index is 0.0371. The van der Waals surface area contributed by atoms with Gasteiger partial charge in [-0.2, -0.15) is 0 Å². The predicted octanol–water partition coefficient (Wildman–Crippen LogP) is 0.979. The third-order valence-corrected chi connectivity index (χ3v) is 6.58. The van der Waals surface area contributed by atoms with Gasteiger partial charge >= 0.3 is 0 Å². The van der Waals surface area contributed by atoms with Crippen molar-refractivity contribution in [2.75, 3.05) is 44.4 Å². The van der Waals surface area contributed by atoms with Crippen LogP contribution in [0.25, 0.3) is 0 Å². The molecule has 0 unspecified atom stereocenters. The van der Waals surface area contributed by atoms with Crippen LogP contribution in [0.5, 0.6) is 0 Å². The minimum Gasteiger partial charge on any atom is -0.379 e. The lowest BCUT2D eigenvalue weighted by Gasteiger charge is -2.25. The lowest BCUT2D eigenvalue weighted by atomic mass is 10.1. The van der Waals surface area contributed by atoms with E-state index in [0.29, 0.717) is 26.2 Å². The molecule has 0 N–H and O–H groups in total. The molecule has 0 saturated carbocycles. The smallest absolute Gasteiger partial charge is 0.178 e. The Labute approximate surface area is 137 Å². The summed E-state index contributed by atoms with van der Waals surface area (Å²) < 4.78 is 30.8. The van der Waals surface area contributed by atoms with Crippen LogP contribution in [0.3, 0.4) is 0 Å². The number of aryl methyl sites for hydroxylation is 1. The van der Waals surface area contributed by atoms with Crippen LogP contribution in [0.15, 0.2) is 6.07 Å². The molecule has 3 rings (SSSR count). The summed E-state index contributed by atoms with van der Waals surface area (Å²) in [5.74, 6) is 0.527. The van der Waals surface area contributed by atoms with Gasteiger partial charge in [-0.3, -0.25) is 9.69 Å². The lowest BCUT2D eigenvalue weighted by molar-refractivity contribution is 0.0371. The summed E-state index contributed by atoms with van der Waals surface area (Å²) in [7, 11) is -2.94. The molecule has 128 valence electrons. The average molecular weight is 340 g/mol. The van der Waals surface area contributed by atoms with Crippen LogP contribution in [0.4, 0.5) is 0 Å². The number of morpholine rings is 1. The van der Waals surface area contributed by atoms with Crippen molar-refractivity contribution in [3.05, 3.63) is 23.0 Å². The van der Waals surface area contributed by atoms with Crippen LogP contribution in [0.1, 0.15) is 34.2 Å². The predicted molar refractivity (Wildman–Crippen MR) is 87.8 cm³/mol. The summed E-state index contributed by atoms with van der Waals surface area (Å²) in [4.78, 5) is 14.7. The van der Waals surface area contributed by atoms with E-state index in [1.807, 2.05) is 24.5 Å². The van der Waals surface area contributed by atoms with E-state index in [1.54, 1.807) is 0 Å². The van der Waals surface area contributed by atoms with Gasteiger partial charge in [-0.1, -0.05) is 0 Å². The number of carbonyl (C=O) groups excluding carboxylic acids is 1. The van der Waals surface area contributed by atoms with Gasteiger partial charge in [0.25, 0.3) is 0 Å².